The molecule has 0 spiro atoms. The molecule has 6 nitrogen and oxygen atoms in total. The molecule has 20 heavy (non-hydrogen) atoms. The largest absolute Gasteiger partial charge is 0.497 e. The van der Waals surface area contributed by atoms with E-state index in [9.17, 15) is 0 Å². The van der Waals surface area contributed by atoms with Gasteiger partial charge in [-0.2, -0.15) is 0 Å². The third kappa shape index (κ3) is 2.45. The lowest BCUT2D eigenvalue weighted by Crippen LogP contribution is -2.30. The molecule has 108 valence electrons. The van der Waals surface area contributed by atoms with Gasteiger partial charge >= 0.3 is 0 Å². The minimum atomic E-state index is -0.114. The van der Waals surface area contributed by atoms with Crippen LogP contribution < -0.4 is 10.5 Å². The van der Waals surface area contributed by atoms with E-state index >= 15 is 0 Å². The number of nitrogen functional groups attached to an aromatic ring is 1. The highest BCUT2D eigenvalue weighted by molar-refractivity contribution is 5.64. The SMILES string of the molecule is CCC(C)(CC)n1nnnc1-c1cc(N)cc(OC)c1. The molecule has 0 amide bonds. The number of aromatic nitrogens is 4. The first-order valence-corrected chi connectivity index (χ1v) is 6.78. The van der Waals surface area contributed by atoms with Crippen LogP contribution in [0.25, 0.3) is 11.4 Å². The Hall–Kier alpha value is -2.11. The molecule has 0 aliphatic carbocycles. The van der Waals surface area contributed by atoms with Crippen LogP contribution in [-0.4, -0.2) is 27.3 Å². The van der Waals surface area contributed by atoms with E-state index in [-0.39, 0.29) is 5.54 Å². The van der Waals surface area contributed by atoms with E-state index in [2.05, 4.69) is 36.3 Å². The van der Waals surface area contributed by atoms with E-state index in [1.54, 1.807) is 13.2 Å². The second-order valence-electron chi connectivity index (χ2n) is 5.11. The standard InChI is InChI=1S/C14H21N5O/c1-5-14(3,6-2)19-13(16-17-18-19)10-7-11(15)9-12(8-10)20-4/h7-9H,5-6,15H2,1-4H3. The first-order chi connectivity index (χ1) is 9.54. The number of ether oxygens (including phenoxy) is 1. The monoisotopic (exact) mass is 275 g/mol. The lowest BCUT2D eigenvalue weighted by Gasteiger charge is -2.27. The number of nitrogens with zero attached hydrogens (tertiary/aromatic N) is 4. The molecular formula is C14H21N5O. The lowest BCUT2D eigenvalue weighted by molar-refractivity contribution is 0.262. The van der Waals surface area contributed by atoms with Crippen molar-refractivity contribution in [3.63, 3.8) is 0 Å². The molecule has 0 bridgehead atoms. The van der Waals surface area contributed by atoms with E-state index < -0.39 is 0 Å². The number of methoxy groups -OCH3 is 1. The minimum Gasteiger partial charge on any atom is -0.497 e. The van der Waals surface area contributed by atoms with Gasteiger partial charge in [0.2, 0.25) is 0 Å². The molecule has 1 heterocycles. The smallest absolute Gasteiger partial charge is 0.182 e. The normalized spacial score (nSPS) is 11.6. The van der Waals surface area contributed by atoms with Crippen molar-refractivity contribution >= 4 is 5.69 Å². The lowest BCUT2D eigenvalue weighted by atomic mass is 9.95. The molecule has 2 rings (SSSR count). The summed E-state index contributed by atoms with van der Waals surface area (Å²) < 4.78 is 7.13. The number of rotatable bonds is 5. The van der Waals surface area contributed by atoms with Gasteiger partial charge in [-0.3, -0.25) is 0 Å². The summed E-state index contributed by atoms with van der Waals surface area (Å²) in [5.41, 5.74) is 7.28. The molecule has 1 aromatic heterocycles. The van der Waals surface area contributed by atoms with Crippen molar-refractivity contribution in [2.45, 2.75) is 39.2 Å². The first-order valence-electron chi connectivity index (χ1n) is 6.78. The predicted octanol–water partition coefficient (Wildman–Crippen LogP) is 2.47. The number of nitrogens with two attached hydrogens (primary N) is 1. The van der Waals surface area contributed by atoms with Gasteiger partial charge in [-0.05, 0) is 42.3 Å². The molecule has 1 aromatic carbocycles. The molecule has 0 saturated heterocycles. The highest BCUT2D eigenvalue weighted by Crippen LogP contribution is 2.31. The van der Waals surface area contributed by atoms with Crippen molar-refractivity contribution in [3.8, 4) is 17.1 Å². The van der Waals surface area contributed by atoms with Crippen LogP contribution in [0.2, 0.25) is 0 Å². The summed E-state index contributed by atoms with van der Waals surface area (Å²) in [5.74, 6) is 1.41. The van der Waals surface area contributed by atoms with Crippen molar-refractivity contribution in [1.82, 2.24) is 20.2 Å². The van der Waals surface area contributed by atoms with Crippen molar-refractivity contribution < 1.29 is 4.74 Å². The van der Waals surface area contributed by atoms with E-state index in [0.29, 0.717) is 17.3 Å². The molecule has 2 aromatic rings. The molecule has 0 radical (unpaired) electrons. The van der Waals surface area contributed by atoms with Crippen molar-refractivity contribution in [2.24, 2.45) is 0 Å². The highest BCUT2D eigenvalue weighted by atomic mass is 16.5. The van der Waals surface area contributed by atoms with Gasteiger partial charge in [0.1, 0.15) is 5.75 Å². The predicted molar refractivity (Wildman–Crippen MR) is 78.4 cm³/mol. The van der Waals surface area contributed by atoms with Crippen LogP contribution in [-0.2, 0) is 5.54 Å². The Balaban J connectivity index is 2.55. The molecule has 0 atom stereocenters. The Morgan fingerprint density at radius 3 is 2.55 bits per heavy atom. The zero-order valence-corrected chi connectivity index (χ0v) is 12.4. The minimum absolute atomic E-state index is 0.114. The molecule has 2 N–H and O–H groups in total. The van der Waals surface area contributed by atoms with Gasteiger partial charge in [-0.25, -0.2) is 4.68 Å². The highest BCUT2D eigenvalue weighted by Gasteiger charge is 2.27. The molecule has 0 saturated carbocycles. The van der Waals surface area contributed by atoms with E-state index in [1.165, 1.54) is 0 Å². The zero-order valence-electron chi connectivity index (χ0n) is 12.4. The van der Waals surface area contributed by atoms with Crippen LogP contribution in [0.4, 0.5) is 5.69 Å². The van der Waals surface area contributed by atoms with Gasteiger partial charge in [0, 0.05) is 17.3 Å². The van der Waals surface area contributed by atoms with E-state index in [1.807, 2.05) is 16.8 Å². The molecule has 0 fully saturated rings. The summed E-state index contributed by atoms with van der Waals surface area (Å²) in [4.78, 5) is 0. The number of tetrazole rings is 1. The Morgan fingerprint density at radius 1 is 1.25 bits per heavy atom. The van der Waals surface area contributed by atoms with Crippen LogP contribution in [0.1, 0.15) is 33.6 Å². The second kappa shape index (κ2) is 5.48. The molecular weight excluding hydrogens is 254 g/mol. The fraction of sp³-hybridized carbons (Fsp3) is 0.500. The Morgan fingerprint density at radius 2 is 1.95 bits per heavy atom. The molecule has 0 aliphatic rings. The fourth-order valence-electron chi connectivity index (χ4n) is 2.15. The average Bonchev–Trinajstić information content (AvgIpc) is 2.95. The maximum atomic E-state index is 5.91. The van der Waals surface area contributed by atoms with Gasteiger partial charge in [0.15, 0.2) is 5.82 Å². The Bertz CT molecular complexity index is 589. The first kappa shape index (κ1) is 14.3. The van der Waals surface area contributed by atoms with E-state index in [4.69, 9.17) is 10.5 Å². The van der Waals surface area contributed by atoms with Gasteiger partial charge < -0.3 is 10.5 Å². The van der Waals surface area contributed by atoms with Crippen molar-refractivity contribution in [3.05, 3.63) is 18.2 Å². The van der Waals surface area contributed by atoms with Gasteiger partial charge in [0.05, 0.1) is 12.6 Å². The maximum absolute atomic E-state index is 5.91. The average molecular weight is 275 g/mol. The second-order valence-corrected chi connectivity index (χ2v) is 5.11. The Labute approximate surface area is 118 Å². The summed E-state index contributed by atoms with van der Waals surface area (Å²) >= 11 is 0. The van der Waals surface area contributed by atoms with Gasteiger partial charge in [-0.1, -0.05) is 13.8 Å². The molecule has 0 aliphatic heterocycles. The number of anilines is 1. The van der Waals surface area contributed by atoms with Crippen LogP contribution in [0.3, 0.4) is 0 Å². The summed E-state index contributed by atoms with van der Waals surface area (Å²) in [6.07, 6.45) is 1.89. The van der Waals surface area contributed by atoms with Crippen LogP contribution in [0.15, 0.2) is 18.2 Å². The molecule has 6 heteroatoms. The third-order valence-electron chi connectivity index (χ3n) is 3.93. The van der Waals surface area contributed by atoms with Gasteiger partial charge in [-0.15, -0.1) is 5.10 Å². The number of hydrogen-bond donors (Lipinski definition) is 1. The fourth-order valence-corrected chi connectivity index (χ4v) is 2.15. The van der Waals surface area contributed by atoms with Crippen LogP contribution >= 0.6 is 0 Å². The summed E-state index contributed by atoms with van der Waals surface area (Å²) in [6, 6.07) is 5.53. The third-order valence-corrected chi connectivity index (χ3v) is 3.93. The number of benzene rings is 1. The summed E-state index contributed by atoms with van der Waals surface area (Å²) in [6.45, 7) is 6.42. The number of hydrogen-bond acceptors (Lipinski definition) is 5. The van der Waals surface area contributed by atoms with E-state index in [0.717, 1.165) is 18.4 Å². The topological polar surface area (TPSA) is 78.9 Å². The van der Waals surface area contributed by atoms with Gasteiger partial charge in [0.25, 0.3) is 0 Å². The molecule has 0 unspecified atom stereocenters. The van der Waals surface area contributed by atoms with Crippen molar-refractivity contribution in [2.75, 3.05) is 12.8 Å². The maximum Gasteiger partial charge on any atom is 0.182 e. The zero-order chi connectivity index (χ0) is 14.8. The summed E-state index contributed by atoms with van der Waals surface area (Å²) in [7, 11) is 1.61. The van der Waals surface area contributed by atoms with Crippen molar-refractivity contribution in [1.29, 1.82) is 0 Å². The van der Waals surface area contributed by atoms with Crippen LogP contribution in [0, 0.1) is 0 Å². The Kier molecular flexibility index (Phi) is 3.92. The summed E-state index contributed by atoms with van der Waals surface area (Å²) in [5, 5.41) is 12.1. The quantitative estimate of drug-likeness (QED) is 0.848. The van der Waals surface area contributed by atoms with Crippen LogP contribution in [0.5, 0.6) is 5.75 Å².